The van der Waals surface area contributed by atoms with E-state index in [1.807, 2.05) is 0 Å². The summed E-state index contributed by atoms with van der Waals surface area (Å²) >= 11 is 0. The Morgan fingerprint density at radius 1 is 0.462 bits per heavy atom. The van der Waals surface area contributed by atoms with Crippen LogP contribution in [0.2, 0.25) is 0 Å². The fourth-order valence-electron chi connectivity index (χ4n) is 4.93. The van der Waals surface area contributed by atoms with Crippen molar-refractivity contribution in [1.29, 1.82) is 0 Å². The van der Waals surface area contributed by atoms with E-state index in [2.05, 4.69) is 52.8 Å². The number of nitrogen functional groups attached to an aromatic ring is 5. The van der Waals surface area contributed by atoms with Crippen molar-refractivity contribution in [3.05, 3.63) is 108 Å². The fraction of sp³-hybridized carbons (Fsp3) is 0. The van der Waals surface area contributed by atoms with Crippen molar-refractivity contribution in [3.63, 3.8) is 0 Å². The second-order valence-corrected chi connectivity index (χ2v) is 11.2. The first kappa shape index (κ1) is 33.8. The number of anilines is 5. The second kappa shape index (κ2) is 14.6. The van der Waals surface area contributed by atoms with Crippen molar-refractivity contribution in [2.75, 3.05) is 28.7 Å². The van der Waals surface area contributed by atoms with Gasteiger partial charge in [0.2, 0.25) is 0 Å². The van der Waals surface area contributed by atoms with Crippen LogP contribution in [0.4, 0.5) is 73.9 Å². The minimum absolute atomic E-state index is 0.0334. The van der Waals surface area contributed by atoms with Gasteiger partial charge in [0.1, 0.15) is 22.7 Å². The zero-order chi connectivity index (χ0) is 36.8. The van der Waals surface area contributed by atoms with Gasteiger partial charge in [-0.05, 0) is 102 Å². The molecule has 0 unspecified atom stereocenters. The number of hydrogen-bond acceptors (Lipinski definition) is 14. The normalized spacial score (nSPS) is 11.6. The first-order valence-corrected chi connectivity index (χ1v) is 15.4. The van der Waals surface area contributed by atoms with E-state index in [-0.39, 0.29) is 33.8 Å². The lowest BCUT2D eigenvalue weighted by atomic mass is 9.98. The summed E-state index contributed by atoms with van der Waals surface area (Å²) in [5.41, 5.74) is 35.7. The van der Waals surface area contributed by atoms with Gasteiger partial charge in [0.15, 0.2) is 5.75 Å². The molecule has 6 aromatic carbocycles. The number of nitrogens with two attached hydrogens (primary N) is 5. The van der Waals surface area contributed by atoms with Gasteiger partial charge in [-0.1, -0.05) is 11.8 Å². The van der Waals surface area contributed by atoms with E-state index in [1.165, 1.54) is 0 Å². The van der Waals surface area contributed by atoms with Crippen LogP contribution in [0.25, 0.3) is 10.8 Å². The molecule has 0 aromatic heterocycles. The molecule has 52 heavy (non-hydrogen) atoms. The number of aromatic hydroxyl groups is 1. The lowest BCUT2D eigenvalue weighted by molar-refractivity contribution is 0.482. The zero-order valence-corrected chi connectivity index (χ0v) is 27.3. The molecule has 0 aliphatic heterocycles. The molecule has 14 heteroatoms. The molecule has 0 aliphatic carbocycles. The minimum atomic E-state index is -0.297. The minimum Gasteiger partial charge on any atom is -0.505 e. The van der Waals surface area contributed by atoms with Crippen LogP contribution in [0, 0.1) is 24.7 Å². The van der Waals surface area contributed by atoms with Crippen LogP contribution in [0.15, 0.2) is 138 Å². The van der Waals surface area contributed by atoms with Crippen molar-refractivity contribution in [3.8, 4) is 30.4 Å². The summed E-state index contributed by atoms with van der Waals surface area (Å²) < 4.78 is 0. The molecule has 0 atom stereocenters. The molecule has 6 aromatic rings. The number of hydrogen-bond donors (Lipinski definition) is 6. The summed E-state index contributed by atoms with van der Waals surface area (Å²) in [6.07, 6.45) is 11.6. The predicted octanol–water partition coefficient (Wildman–Crippen LogP) is 10.1. The van der Waals surface area contributed by atoms with Crippen molar-refractivity contribution < 1.29 is 5.11 Å². The number of terminal acetylenes is 2. The van der Waals surface area contributed by atoms with Gasteiger partial charge in [-0.25, -0.2) is 0 Å². The van der Waals surface area contributed by atoms with E-state index in [0.29, 0.717) is 67.8 Å². The van der Waals surface area contributed by atoms with Crippen molar-refractivity contribution in [2.45, 2.75) is 0 Å². The molecule has 6 rings (SSSR count). The smallest absolute Gasteiger partial charge is 0.154 e. The third-order valence-electron chi connectivity index (χ3n) is 7.58. The number of azo groups is 4. The summed E-state index contributed by atoms with van der Waals surface area (Å²) in [4.78, 5) is 0. The lowest BCUT2D eigenvalue weighted by Gasteiger charge is -2.12. The van der Waals surface area contributed by atoms with Crippen molar-refractivity contribution in [2.24, 2.45) is 40.9 Å². The number of fused-ring (bicyclic) bond motifs is 1. The molecule has 14 nitrogen and oxygen atoms in total. The van der Waals surface area contributed by atoms with E-state index in [9.17, 15) is 5.11 Å². The Bertz CT molecular complexity index is 2370. The van der Waals surface area contributed by atoms with Crippen LogP contribution in [0.1, 0.15) is 11.1 Å². The van der Waals surface area contributed by atoms with Gasteiger partial charge in [0.05, 0.1) is 56.3 Å². The Morgan fingerprint density at radius 3 is 1.25 bits per heavy atom. The van der Waals surface area contributed by atoms with E-state index in [1.54, 1.807) is 97.1 Å². The molecule has 252 valence electrons. The summed E-state index contributed by atoms with van der Waals surface area (Å²) in [7, 11) is 0. The maximum atomic E-state index is 11.4. The molecule has 0 saturated carbocycles. The standard InChI is InChI=1S/C38H29N13O/c1-3-21-17-23-18-22(4-2)37(51-47-29-13-9-27(10-14-29)45-49-33-16-6-25(40)20-31(33)42)38(52)34(23)35(43)36(21)50-46-28-11-7-26(8-12-28)44-48-32-15-5-24(39)19-30(32)41/h1-2,5-20,52H,39-43H2. The maximum absolute atomic E-state index is 11.4. The lowest BCUT2D eigenvalue weighted by Crippen LogP contribution is -1.93. The highest BCUT2D eigenvalue weighted by Gasteiger charge is 2.19. The zero-order valence-electron chi connectivity index (χ0n) is 27.3. The molecule has 0 spiro atoms. The van der Waals surface area contributed by atoms with Crippen LogP contribution < -0.4 is 28.7 Å². The fourth-order valence-corrected chi connectivity index (χ4v) is 4.93. The van der Waals surface area contributed by atoms with Gasteiger partial charge in [-0.2, -0.15) is 20.5 Å². The van der Waals surface area contributed by atoms with E-state index >= 15 is 0 Å². The largest absolute Gasteiger partial charge is 0.505 e. The number of benzene rings is 6. The monoisotopic (exact) mass is 683 g/mol. The number of phenols is 1. The Labute approximate surface area is 297 Å². The molecule has 0 fully saturated rings. The first-order chi connectivity index (χ1) is 25.1. The summed E-state index contributed by atoms with van der Waals surface area (Å²) in [6.45, 7) is 0. The summed E-state index contributed by atoms with van der Waals surface area (Å²) in [5, 5.41) is 46.1. The average molecular weight is 684 g/mol. The van der Waals surface area contributed by atoms with Gasteiger partial charge in [-0.3, -0.25) is 0 Å². The Morgan fingerprint density at radius 2 is 0.846 bits per heavy atom. The highest BCUT2D eigenvalue weighted by molar-refractivity contribution is 6.07. The van der Waals surface area contributed by atoms with E-state index in [4.69, 9.17) is 41.5 Å². The molecule has 0 saturated heterocycles. The van der Waals surface area contributed by atoms with Gasteiger partial charge in [-0.15, -0.1) is 33.3 Å². The average Bonchev–Trinajstić information content (AvgIpc) is 3.14. The molecule has 11 N–H and O–H groups in total. The molecule has 0 heterocycles. The van der Waals surface area contributed by atoms with Gasteiger partial charge in [0, 0.05) is 11.4 Å². The molecule has 0 amide bonds. The molecule has 0 aliphatic rings. The number of nitrogens with zero attached hydrogens (tertiary/aromatic N) is 8. The van der Waals surface area contributed by atoms with Crippen LogP contribution in [-0.4, -0.2) is 5.11 Å². The summed E-state index contributed by atoms with van der Waals surface area (Å²) in [5.74, 6) is 4.82. The van der Waals surface area contributed by atoms with Crippen LogP contribution in [0.5, 0.6) is 5.75 Å². The second-order valence-electron chi connectivity index (χ2n) is 11.2. The van der Waals surface area contributed by atoms with E-state index in [0.717, 1.165) is 0 Å². The maximum Gasteiger partial charge on any atom is 0.154 e. The predicted molar refractivity (Wildman–Crippen MR) is 206 cm³/mol. The molecule has 0 radical (unpaired) electrons. The van der Waals surface area contributed by atoms with E-state index < -0.39 is 0 Å². The van der Waals surface area contributed by atoms with Crippen LogP contribution in [-0.2, 0) is 0 Å². The van der Waals surface area contributed by atoms with Crippen molar-refractivity contribution >= 4 is 84.7 Å². The van der Waals surface area contributed by atoms with Crippen molar-refractivity contribution in [1.82, 2.24) is 0 Å². The molecular formula is C38H29N13O. The Hall–Kier alpha value is -8.10. The Kier molecular flexibility index (Phi) is 9.47. The number of phenolic OH excluding ortho intramolecular Hbond substituents is 1. The Balaban J connectivity index is 1.25. The number of rotatable bonds is 8. The summed E-state index contributed by atoms with van der Waals surface area (Å²) in [6, 6.07) is 26.8. The molecule has 0 bridgehead atoms. The van der Waals surface area contributed by atoms with Gasteiger partial charge in [0.25, 0.3) is 0 Å². The first-order valence-electron chi connectivity index (χ1n) is 15.4. The van der Waals surface area contributed by atoms with Gasteiger partial charge >= 0.3 is 0 Å². The third kappa shape index (κ3) is 7.31. The van der Waals surface area contributed by atoms with Crippen LogP contribution >= 0.6 is 0 Å². The van der Waals surface area contributed by atoms with Crippen LogP contribution in [0.3, 0.4) is 0 Å². The molecular weight excluding hydrogens is 655 g/mol. The SMILES string of the molecule is C#Cc1cc2cc(C#C)c(N=Nc3ccc(N=Nc4ccc(N)cc4N)cc3)c(O)c2c(N)c1N=Nc1ccc(N=Nc2ccc(N)cc2N)cc1. The topological polar surface area (TPSA) is 249 Å². The highest BCUT2D eigenvalue weighted by Crippen LogP contribution is 2.46. The third-order valence-corrected chi connectivity index (χ3v) is 7.58. The van der Waals surface area contributed by atoms with Gasteiger partial charge < -0.3 is 33.8 Å². The quantitative estimate of drug-likeness (QED) is 0.0516. The highest BCUT2D eigenvalue weighted by atomic mass is 16.3.